The Hall–Kier alpha value is -4.26. The van der Waals surface area contributed by atoms with Gasteiger partial charge in [-0.25, -0.2) is 9.78 Å². The van der Waals surface area contributed by atoms with E-state index in [0.29, 0.717) is 11.3 Å². The maximum Gasteiger partial charge on any atom is 0.326 e. The van der Waals surface area contributed by atoms with Crippen LogP contribution >= 0.6 is 0 Å². The Kier molecular flexibility index (Phi) is 11.4. The number of benzene rings is 1. The normalized spacial score (nSPS) is 14.1. The number of carboxylic acids is 1. The topological polar surface area (TPSA) is 222 Å². The molecule has 0 aliphatic carbocycles. The molecule has 13 nitrogen and oxygen atoms in total. The lowest BCUT2D eigenvalue weighted by Gasteiger charge is -2.27. The number of aromatic amines is 1. The van der Waals surface area contributed by atoms with Crippen LogP contribution in [0.1, 0.15) is 37.9 Å². The summed E-state index contributed by atoms with van der Waals surface area (Å²) in [5, 5.41) is 17.4. The van der Waals surface area contributed by atoms with Crippen molar-refractivity contribution in [3.05, 3.63) is 54.1 Å². The van der Waals surface area contributed by atoms with Gasteiger partial charge in [0.05, 0.1) is 12.4 Å². The molecule has 1 aromatic carbocycles. The Morgan fingerprint density at radius 3 is 2.16 bits per heavy atom. The number of primary amides is 1. The number of imidazole rings is 1. The molecule has 1 heterocycles. The van der Waals surface area contributed by atoms with E-state index in [1.54, 1.807) is 44.2 Å². The molecule has 0 aliphatic heterocycles. The van der Waals surface area contributed by atoms with Gasteiger partial charge in [0.1, 0.15) is 18.1 Å². The minimum Gasteiger partial charge on any atom is -0.480 e. The summed E-state index contributed by atoms with van der Waals surface area (Å²) in [5.41, 5.74) is 12.2. The van der Waals surface area contributed by atoms with Gasteiger partial charge >= 0.3 is 5.97 Å². The molecule has 4 amide bonds. The number of nitrogens with two attached hydrogens (primary N) is 2. The Morgan fingerprint density at radius 2 is 1.61 bits per heavy atom. The summed E-state index contributed by atoms with van der Waals surface area (Å²) in [6.07, 6.45) is 2.84. The molecule has 2 aromatic rings. The van der Waals surface area contributed by atoms with Crippen molar-refractivity contribution in [2.45, 2.75) is 63.7 Å². The summed E-state index contributed by atoms with van der Waals surface area (Å²) in [4.78, 5) is 68.6. The first-order valence-electron chi connectivity index (χ1n) is 12.2. The summed E-state index contributed by atoms with van der Waals surface area (Å²) in [5.74, 6) is -4.25. The van der Waals surface area contributed by atoms with E-state index in [4.69, 9.17) is 11.5 Å². The van der Waals surface area contributed by atoms with E-state index in [1.807, 2.05) is 0 Å². The smallest absolute Gasteiger partial charge is 0.326 e. The molecule has 0 fully saturated rings. The van der Waals surface area contributed by atoms with Crippen LogP contribution in [0.15, 0.2) is 42.9 Å². The minimum atomic E-state index is -1.24. The fourth-order valence-electron chi connectivity index (χ4n) is 3.63. The van der Waals surface area contributed by atoms with Crippen LogP contribution in [-0.4, -0.2) is 68.8 Å². The number of aliphatic carboxylic acids is 1. The van der Waals surface area contributed by atoms with Gasteiger partial charge in [-0.15, -0.1) is 0 Å². The van der Waals surface area contributed by atoms with E-state index in [2.05, 4.69) is 25.9 Å². The summed E-state index contributed by atoms with van der Waals surface area (Å²) in [7, 11) is 0. The number of amides is 4. The fraction of sp³-hybridized carbons (Fsp3) is 0.440. The molecule has 2 rings (SSSR count). The lowest BCUT2D eigenvalue weighted by molar-refractivity contribution is -0.142. The first kappa shape index (κ1) is 30.0. The van der Waals surface area contributed by atoms with Crippen molar-refractivity contribution in [1.82, 2.24) is 25.9 Å². The average molecular weight is 530 g/mol. The quantitative estimate of drug-likeness (QED) is 0.151. The molecule has 0 bridgehead atoms. The van der Waals surface area contributed by atoms with E-state index in [0.717, 1.165) is 0 Å². The summed E-state index contributed by atoms with van der Waals surface area (Å²) >= 11 is 0. The molecule has 4 unspecified atom stereocenters. The first-order valence-corrected chi connectivity index (χ1v) is 12.2. The number of nitrogens with one attached hydrogen (secondary N) is 4. The molecule has 4 atom stereocenters. The van der Waals surface area contributed by atoms with Gasteiger partial charge in [0.25, 0.3) is 0 Å². The van der Waals surface area contributed by atoms with Crippen molar-refractivity contribution in [2.75, 3.05) is 0 Å². The van der Waals surface area contributed by atoms with Gasteiger partial charge in [-0.05, 0) is 17.9 Å². The van der Waals surface area contributed by atoms with Crippen molar-refractivity contribution >= 4 is 29.6 Å². The summed E-state index contributed by atoms with van der Waals surface area (Å²) in [6, 6.07) is 4.27. The van der Waals surface area contributed by atoms with Gasteiger partial charge in [-0.1, -0.05) is 44.2 Å². The molecule has 0 radical (unpaired) electrons. The highest BCUT2D eigenvalue weighted by molar-refractivity contribution is 5.94. The molecule has 206 valence electrons. The van der Waals surface area contributed by atoms with E-state index in [9.17, 15) is 29.1 Å². The predicted molar refractivity (Wildman–Crippen MR) is 137 cm³/mol. The molecule has 38 heavy (non-hydrogen) atoms. The SMILES string of the molecule is CC(C)C(NC(=O)C(N)CCC(N)=O)C(=O)NC(Cc1cnc[nH]1)C(=O)NC(Cc1ccccc1)C(=O)O. The Balaban J connectivity index is 2.16. The number of carbonyl (C=O) groups is 5. The van der Waals surface area contributed by atoms with Crippen molar-refractivity contribution < 1.29 is 29.1 Å². The largest absolute Gasteiger partial charge is 0.480 e. The van der Waals surface area contributed by atoms with E-state index < -0.39 is 53.8 Å². The Morgan fingerprint density at radius 1 is 0.947 bits per heavy atom. The molecule has 1 aromatic heterocycles. The second kappa shape index (κ2) is 14.5. The maximum absolute atomic E-state index is 13.2. The molecule has 0 saturated carbocycles. The summed E-state index contributed by atoms with van der Waals surface area (Å²) in [6.45, 7) is 3.40. The van der Waals surface area contributed by atoms with Crippen LogP contribution in [-0.2, 0) is 36.8 Å². The third kappa shape index (κ3) is 9.65. The fourth-order valence-corrected chi connectivity index (χ4v) is 3.63. The second-order valence-electron chi connectivity index (χ2n) is 9.27. The second-order valence-corrected chi connectivity index (χ2v) is 9.27. The molecule has 13 heteroatoms. The molecule has 0 spiro atoms. The number of hydrogen-bond acceptors (Lipinski definition) is 7. The first-order chi connectivity index (χ1) is 18.0. The van der Waals surface area contributed by atoms with Gasteiger partial charge < -0.3 is 37.5 Å². The monoisotopic (exact) mass is 529 g/mol. The standard InChI is InChI=1S/C25H35N7O6/c1-14(2)21(32-22(34)17(26)8-9-20(27)33)24(36)30-18(11-16-12-28-13-29-16)23(35)31-19(25(37)38)10-15-6-4-3-5-7-15/h3-7,12-14,17-19,21H,8-11,26H2,1-2H3,(H2,27,33)(H,28,29)(H,30,36)(H,31,35)(H,32,34)(H,37,38). The third-order valence-electron chi connectivity index (χ3n) is 5.79. The average Bonchev–Trinajstić information content (AvgIpc) is 3.38. The molecule has 0 saturated heterocycles. The van der Waals surface area contributed by atoms with E-state index in [1.165, 1.54) is 12.5 Å². The van der Waals surface area contributed by atoms with Crippen LogP contribution in [0.3, 0.4) is 0 Å². The zero-order valence-electron chi connectivity index (χ0n) is 21.3. The maximum atomic E-state index is 13.2. The van der Waals surface area contributed by atoms with Gasteiger partial charge in [0.2, 0.25) is 23.6 Å². The van der Waals surface area contributed by atoms with Crippen LogP contribution in [0.4, 0.5) is 0 Å². The van der Waals surface area contributed by atoms with Crippen LogP contribution in [0.25, 0.3) is 0 Å². The molecule has 0 aliphatic rings. The number of H-pyrrole nitrogens is 1. The van der Waals surface area contributed by atoms with Crippen molar-refractivity contribution in [2.24, 2.45) is 17.4 Å². The number of carbonyl (C=O) groups excluding carboxylic acids is 4. The zero-order valence-corrected chi connectivity index (χ0v) is 21.3. The van der Waals surface area contributed by atoms with Crippen molar-refractivity contribution in [3.63, 3.8) is 0 Å². The zero-order chi connectivity index (χ0) is 28.2. The Bertz CT molecular complexity index is 1090. The number of hydrogen-bond donors (Lipinski definition) is 7. The third-order valence-corrected chi connectivity index (χ3v) is 5.79. The highest BCUT2D eigenvalue weighted by Gasteiger charge is 2.32. The van der Waals surface area contributed by atoms with Crippen LogP contribution in [0.5, 0.6) is 0 Å². The Labute approximate surface area is 220 Å². The number of nitrogens with zero attached hydrogens (tertiary/aromatic N) is 1. The van der Waals surface area contributed by atoms with Crippen LogP contribution in [0, 0.1) is 5.92 Å². The van der Waals surface area contributed by atoms with Crippen molar-refractivity contribution in [3.8, 4) is 0 Å². The van der Waals surface area contributed by atoms with Gasteiger partial charge in [-0.3, -0.25) is 19.2 Å². The van der Waals surface area contributed by atoms with Crippen LogP contribution in [0.2, 0.25) is 0 Å². The molecular weight excluding hydrogens is 494 g/mol. The van der Waals surface area contributed by atoms with Crippen molar-refractivity contribution in [1.29, 1.82) is 0 Å². The van der Waals surface area contributed by atoms with E-state index in [-0.39, 0.29) is 31.6 Å². The predicted octanol–water partition coefficient (Wildman–Crippen LogP) is -1.02. The van der Waals surface area contributed by atoms with Gasteiger partial charge in [0.15, 0.2) is 0 Å². The number of aromatic nitrogens is 2. The van der Waals surface area contributed by atoms with Gasteiger partial charge in [0, 0.05) is 31.2 Å². The summed E-state index contributed by atoms with van der Waals surface area (Å²) < 4.78 is 0. The lowest BCUT2D eigenvalue weighted by atomic mass is 10.0. The minimum absolute atomic E-state index is 0.00780. The van der Waals surface area contributed by atoms with E-state index >= 15 is 0 Å². The molecular formula is C25H35N7O6. The highest BCUT2D eigenvalue weighted by atomic mass is 16.4. The lowest BCUT2D eigenvalue weighted by Crippen LogP contribution is -2.59. The van der Waals surface area contributed by atoms with Gasteiger partial charge in [-0.2, -0.15) is 0 Å². The highest BCUT2D eigenvalue weighted by Crippen LogP contribution is 2.08. The number of rotatable bonds is 15. The molecule has 9 N–H and O–H groups in total. The number of carboxylic acid groups (broad SMARTS) is 1. The van der Waals surface area contributed by atoms with Crippen LogP contribution < -0.4 is 27.4 Å².